The molecule has 1 rings (SSSR count). The summed E-state index contributed by atoms with van der Waals surface area (Å²) >= 11 is 5.04. The molecule has 0 radical (unpaired) electrons. The summed E-state index contributed by atoms with van der Waals surface area (Å²) in [4.78, 5) is 1.17. The lowest BCUT2D eigenvalue weighted by Crippen LogP contribution is -1.99. The van der Waals surface area contributed by atoms with Crippen LogP contribution < -0.4 is 0 Å². The van der Waals surface area contributed by atoms with Crippen LogP contribution in [0.1, 0.15) is 18.7 Å². The molecule has 0 amide bonds. The second-order valence-electron chi connectivity index (χ2n) is 2.73. The van der Waals surface area contributed by atoms with Gasteiger partial charge in [-0.25, -0.2) is 0 Å². The Labute approximate surface area is 84.9 Å². The Morgan fingerprint density at radius 2 is 2.42 bits per heavy atom. The van der Waals surface area contributed by atoms with Crippen LogP contribution in [0.4, 0.5) is 0 Å². The number of aliphatic hydroxyl groups excluding tert-OH is 1. The van der Waals surface area contributed by atoms with E-state index in [1.165, 1.54) is 4.88 Å². The topological polar surface area (TPSA) is 20.2 Å². The van der Waals surface area contributed by atoms with Crippen LogP contribution in [0.25, 0.3) is 6.08 Å². The van der Waals surface area contributed by atoms with Gasteiger partial charge >= 0.3 is 0 Å². The lowest BCUT2D eigenvalue weighted by molar-refractivity contribution is 0.232. The summed E-state index contributed by atoms with van der Waals surface area (Å²) in [6, 6.07) is 2.04. The molecule has 66 valence electrons. The van der Waals surface area contributed by atoms with Gasteiger partial charge in [0.2, 0.25) is 0 Å². The number of thiophene rings is 1. The molecule has 0 aromatic carbocycles. The Kier molecular flexibility index (Phi) is 3.50. The molecule has 0 saturated carbocycles. The smallest absolute Gasteiger partial charge is 0.0722 e. The number of aliphatic hydroxyl groups is 1. The van der Waals surface area contributed by atoms with E-state index in [2.05, 4.69) is 15.9 Å². The maximum Gasteiger partial charge on any atom is 0.0722 e. The van der Waals surface area contributed by atoms with Crippen molar-refractivity contribution in [3.8, 4) is 0 Å². The summed E-state index contributed by atoms with van der Waals surface area (Å²) in [7, 11) is 0. The third-order valence-electron chi connectivity index (χ3n) is 1.62. The molecule has 1 heterocycles. The Hall–Kier alpha value is -0.120. The summed E-state index contributed by atoms with van der Waals surface area (Å²) in [5.74, 6) is 0. The normalized spacial score (nSPS) is 14.8. The second kappa shape index (κ2) is 4.21. The fourth-order valence-electron chi connectivity index (χ4n) is 0.749. The molecule has 1 aromatic rings. The molecule has 1 N–H and O–H groups in total. The van der Waals surface area contributed by atoms with Gasteiger partial charge in [0.25, 0.3) is 0 Å². The standard InChI is InChI=1S/C9H11BrOS/c1-6(7(2)11)3-9-4-8(10)5-12-9/h3-5,7,11H,1-2H3/b6-3+. The van der Waals surface area contributed by atoms with Gasteiger partial charge in [-0.1, -0.05) is 0 Å². The van der Waals surface area contributed by atoms with Crippen LogP contribution in [0, 0.1) is 0 Å². The highest BCUT2D eigenvalue weighted by Crippen LogP contribution is 2.22. The minimum Gasteiger partial charge on any atom is -0.389 e. The monoisotopic (exact) mass is 246 g/mol. The Morgan fingerprint density at radius 1 is 1.75 bits per heavy atom. The first-order chi connectivity index (χ1) is 5.59. The van der Waals surface area contributed by atoms with Crippen molar-refractivity contribution in [1.82, 2.24) is 0 Å². The summed E-state index contributed by atoms with van der Waals surface area (Å²) in [5, 5.41) is 11.2. The van der Waals surface area contributed by atoms with E-state index in [1.54, 1.807) is 18.3 Å². The molecular formula is C9H11BrOS. The zero-order chi connectivity index (χ0) is 9.14. The van der Waals surface area contributed by atoms with Gasteiger partial charge in [0.15, 0.2) is 0 Å². The van der Waals surface area contributed by atoms with E-state index in [9.17, 15) is 5.11 Å². The molecule has 3 heteroatoms. The van der Waals surface area contributed by atoms with Crippen molar-refractivity contribution in [3.05, 3.63) is 26.4 Å². The lowest BCUT2D eigenvalue weighted by Gasteiger charge is -2.01. The van der Waals surface area contributed by atoms with Crippen LogP contribution in [-0.4, -0.2) is 11.2 Å². The van der Waals surface area contributed by atoms with Crippen LogP contribution in [0.5, 0.6) is 0 Å². The van der Waals surface area contributed by atoms with Crippen molar-refractivity contribution in [2.45, 2.75) is 20.0 Å². The maximum absolute atomic E-state index is 9.21. The molecule has 12 heavy (non-hydrogen) atoms. The first-order valence-electron chi connectivity index (χ1n) is 3.70. The fourth-order valence-corrected chi connectivity index (χ4v) is 2.19. The first kappa shape index (κ1) is 9.96. The van der Waals surface area contributed by atoms with Crippen molar-refractivity contribution in [1.29, 1.82) is 0 Å². The third-order valence-corrected chi connectivity index (χ3v) is 3.26. The predicted molar refractivity (Wildman–Crippen MR) is 57.4 cm³/mol. The average Bonchev–Trinajstić information content (AvgIpc) is 2.35. The lowest BCUT2D eigenvalue weighted by atomic mass is 10.2. The maximum atomic E-state index is 9.21. The van der Waals surface area contributed by atoms with Crippen molar-refractivity contribution >= 4 is 33.3 Å². The molecule has 0 aliphatic rings. The average molecular weight is 247 g/mol. The number of halogens is 1. The number of rotatable bonds is 2. The minimum atomic E-state index is -0.356. The fraction of sp³-hybridized carbons (Fsp3) is 0.333. The summed E-state index contributed by atoms with van der Waals surface area (Å²) in [6.07, 6.45) is 1.64. The molecule has 0 aliphatic heterocycles. The van der Waals surface area contributed by atoms with Gasteiger partial charge < -0.3 is 5.11 Å². The van der Waals surface area contributed by atoms with Gasteiger partial charge in [-0.2, -0.15) is 0 Å². The Balaban J connectivity index is 2.80. The van der Waals surface area contributed by atoms with Crippen LogP contribution in [0.15, 0.2) is 21.5 Å². The van der Waals surface area contributed by atoms with E-state index in [0.29, 0.717) is 0 Å². The molecule has 0 spiro atoms. The molecule has 1 aromatic heterocycles. The van der Waals surface area contributed by atoms with E-state index < -0.39 is 0 Å². The molecule has 1 atom stereocenters. The van der Waals surface area contributed by atoms with Gasteiger partial charge in [-0.3, -0.25) is 0 Å². The summed E-state index contributed by atoms with van der Waals surface area (Å²) in [5.41, 5.74) is 0.990. The van der Waals surface area contributed by atoms with Crippen molar-refractivity contribution < 1.29 is 5.11 Å². The van der Waals surface area contributed by atoms with E-state index >= 15 is 0 Å². The van der Waals surface area contributed by atoms with Gasteiger partial charge in [-0.05, 0) is 47.5 Å². The molecule has 1 nitrogen and oxygen atoms in total. The van der Waals surface area contributed by atoms with E-state index in [1.807, 2.05) is 24.4 Å². The van der Waals surface area contributed by atoms with Gasteiger partial charge in [0, 0.05) is 14.7 Å². The SMILES string of the molecule is C/C(=C\c1cc(Br)cs1)C(C)O. The van der Waals surface area contributed by atoms with Crippen LogP contribution in [0.3, 0.4) is 0 Å². The Morgan fingerprint density at radius 3 is 2.83 bits per heavy atom. The highest BCUT2D eigenvalue weighted by molar-refractivity contribution is 9.10. The first-order valence-corrected chi connectivity index (χ1v) is 5.37. The van der Waals surface area contributed by atoms with Crippen molar-refractivity contribution in [3.63, 3.8) is 0 Å². The minimum absolute atomic E-state index is 0.356. The molecule has 0 saturated heterocycles. The zero-order valence-corrected chi connectivity index (χ0v) is 9.45. The second-order valence-corrected chi connectivity index (χ2v) is 4.59. The summed E-state index contributed by atoms with van der Waals surface area (Å²) in [6.45, 7) is 3.70. The highest BCUT2D eigenvalue weighted by Gasteiger charge is 1.99. The van der Waals surface area contributed by atoms with Crippen molar-refractivity contribution in [2.24, 2.45) is 0 Å². The quantitative estimate of drug-likeness (QED) is 0.850. The van der Waals surface area contributed by atoms with E-state index in [-0.39, 0.29) is 6.10 Å². The van der Waals surface area contributed by atoms with E-state index in [4.69, 9.17) is 0 Å². The predicted octanol–water partition coefficient (Wildman–Crippen LogP) is 3.29. The molecule has 1 unspecified atom stereocenters. The molecule has 0 aliphatic carbocycles. The van der Waals surface area contributed by atoms with E-state index in [0.717, 1.165) is 10.0 Å². The van der Waals surface area contributed by atoms with Crippen LogP contribution in [-0.2, 0) is 0 Å². The molecule has 0 bridgehead atoms. The zero-order valence-electron chi connectivity index (χ0n) is 7.04. The molecule has 0 fully saturated rings. The largest absolute Gasteiger partial charge is 0.389 e. The Bertz CT molecular complexity index is 288. The van der Waals surface area contributed by atoms with Gasteiger partial charge in [-0.15, -0.1) is 11.3 Å². The third kappa shape index (κ3) is 2.73. The highest BCUT2D eigenvalue weighted by atomic mass is 79.9. The number of hydrogen-bond acceptors (Lipinski definition) is 2. The summed E-state index contributed by atoms with van der Waals surface area (Å²) < 4.78 is 1.09. The van der Waals surface area contributed by atoms with Crippen molar-refractivity contribution in [2.75, 3.05) is 0 Å². The van der Waals surface area contributed by atoms with Gasteiger partial charge in [0.1, 0.15) is 0 Å². The van der Waals surface area contributed by atoms with Crippen LogP contribution in [0.2, 0.25) is 0 Å². The number of hydrogen-bond donors (Lipinski definition) is 1. The molecular weight excluding hydrogens is 236 g/mol. The van der Waals surface area contributed by atoms with Crippen LogP contribution >= 0.6 is 27.3 Å². The van der Waals surface area contributed by atoms with Gasteiger partial charge in [0.05, 0.1) is 6.10 Å².